The zero-order chi connectivity index (χ0) is 15.8. The summed E-state index contributed by atoms with van der Waals surface area (Å²) in [7, 11) is -0.853. The average Bonchev–Trinajstić information content (AvgIpc) is 2.45. The minimum absolute atomic E-state index is 0.853. The molecule has 0 bridgehead atoms. The van der Waals surface area contributed by atoms with E-state index in [2.05, 4.69) is 26.9 Å². The fourth-order valence-corrected chi connectivity index (χ4v) is 5.91. The maximum Gasteiger partial charge on any atom is 0.0473 e. The summed E-state index contributed by atoms with van der Waals surface area (Å²) in [5.41, 5.74) is 0. The van der Waals surface area contributed by atoms with E-state index in [4.69, 9.17) is 0 Å². The van der Waals surface area contributed by atoms with Gasteiger partial charge in [0, 0.05) is 8.07 Å². The Labute approximate surface area is 137 Å². The van der Waals surface area contributed by atoms with Crippen molar-refractivity contribution in [1.29, 1.82) is 0 Å². The molecule has 0 unspecified atom stereocenters. The van der Waals surface area contributed by atoms with Crippen LogP contribution in [0.4, 0.5) is 0 Å². The lowest BCUT2D eigenvalue weighted by atomic mass is 10.1. The van der Waals surface area contributed by atoms with Crippen molar-refractivity contribution in [2.24, 2.45) is 0 Å². The molecular formula is C20H44Si. The molecule has 1 heteroatoms. The molecule has 0 rings (SSSR count). The van der Waals surface area contributed by atoms with Gasteiger partial charge in [0.2, 0.25) is 0 Å². The molecule has 0 aromatic rings. The quantitative estimate of drug-likeness (QED) is 0.199. The Morgan fingerprint density at radius 2 is 0.714 bits per heavy atom. The Hall–Kier alpha value is 0.217. The van der Waals surface area contributed by atoms with E-state index in [1.54, 1.807) is 12.1 Å². The summed E-state index contributed by atoms with van der Waals surface area (Å²) in [6.07, 6.45) is 20.5. The van der Waals surface area contributed by atoms with Gasteiger partial charge in [-0.3, -0.25) is 0 Å². The molecule has 128 valence electrons. The molecule has 0 aromatic heterocycles. The molecule has 0 nitrogen and oxygen atoms in total. The Morgan fingerprint density at radius 1 is 0.429 bits per heavy atom. The Balaban J connectivity index is 3.34. The molecule has 0 fully saturated rings. The van der Waals surface area contributed by atoms with Gasteiger partial charge >= 0.3 is 0 Å². The summed E-state index contributed by atoms with van der Waals surface area (Å²) >= 11 is 0. The molecule has 0 saturated carbocycles. The van der Waals surface area contributed by atoms with E-state index >= 15 is 0 Å². The molecule has 21 heavy (non-hydrogen) atoms. The van der Waals surface area contributed by atoms with Crippen LogP contribution in [0, 0.1) is 0 Å². The Kier molecular flexibility index (Phi) is 15.3. The molecule has 0 amide bonds. The number of hydrogen-bond acceptors (Lipinski definition) is 0. The maximum atomic E-state index is 2.63. The van der Waals surface area contributed by atoms with Crippen molar-refractivity contribution in [2.75, 3.05) is 0 Å². The molecule has 0 aliphatic rings. The van der Waals surface area contributed by atoms with Gasteiger partial charge in [-0.2, -0.15) is 0 Å². The van der Waals surface area contributed by atoms with Gasteiger partial charge < -0.3 is 0 Å². The first kappa shape index (κ1) is 21.2. The van der Waals surface area contributed by atoms with Gasteiger partial charge in [0.15, 0.2) is 0 Å². The van der Waals surface area contributed by atoms with E-state index in [-0.39, 0.29) is 0 Å². The van der Waals surface area contributed by atoms with Crippen molar-refractivity contribution in [1.82, 2.24) is 0 Å². The van der Waals surface area contributed by atoms with Gasteiger partial charge in [-0.15, -0.1) is 0 Å². The van der Waals surface area contributed by atoms with Crippen LogP contribution in [0.3, 0.4) is 0 Å². The highest BCUT2D eigenvalue weighted by Crippen LogP contribution is 2.23. The zero-order valence-electron chi connectivity index (χ0n) is 15.8. The van der Waals surface area contributed by atoms with E-state index in [0.29, 0.717) is 0 Å². The number of unbranched alkanes of at least 4 members (excludes halogenated alkanes) is 12. The summed E-state index contributed by atoms with van der Waals surface area (Å²) in [5.74, 6) is 0. The predicted molar refractivity (Wildman–Crippen MR) is 103 cm³/mol. The van der Waals surface area contributed by atoms with Crippen LogP contribution in [0.25, 0.3) is 0 Å². The van der Waals surface area contributed by atoms with Gasteiger partial charge in [0.1, 0.15) is 0 Å². The summed E-state index contributed by atoms with van der Waals surface area (Å²) in [6.45, 7) is 9.86. The van der Waals surface area contributed by atoms with Crippen LogP contribution in [0.15, 0.2) is 0 Å². The third-order valence-corrected chi connectivity index (χ3v) is 8.33. The van der Waals surface area contributed by atoms with Gasteiger partial charge in [-0.25, -0.2) is 0 Å². The Bertz CT molecular complexity index is 198. The van der Waals surface area contributed by atoms with Crippen LogP contribution in [0.5, 0.6) is 0 Å². The number of hydrogen-bond donors (Lipinski definition) is 0. The topological polar surface area (TPSA) is 0 Å². The van der Waals surface area contributed by atoms with Crippen LogP contribution < -0.4 is 0 Å². The highest BCUT2D eigenvalue weighted by molar-refractivity contribution is 6.77. The fraction of sp³-hybridized carbons (Fsp3) is 1.00. The van der Waals surface area contributed by atoms with Gasteiger partial charge in [0.05, 0.1) is 0 Å². The van der Waals surface area contributed by atoms with Crippen LogP contribution >= 0.6 is 0 Å². The van der Waals surface area contributed by atoms with E-state index < -0.39 is 8.07 Å². The monoisotopic (exact) mass is 312 g/mol. The summed E-state index contributed by atoms with van der Waals surface area (Å²) in [4.78, 5) is 0. The molecule has 0 spiro atoms. The summed E-state index contributed by atoms with van der Waals surface area (Å²) < 4.78 is 0. The van der Waals surface area contributed by atoms with Crippen molar-refractivity contribution in [3.8, 4) is 0 Å². The molecule has 0 aliphatic carbocycles. The Morgan fingerprint density at radius 3 is 1.05 bits per heavy atom. The SMILES string of the molecule is CCCCCCCCCC[Si](C)(C)CCCCCCCC. The highest BCUT2D eigenvalue weighted by atomic mass is 28.3. The van der Waals surface area contributed by atoms with Crippen LogP contribution in [-0.2, 0) is 0 Å². The minimum atomic E-state index is -0.853. The first-order valence-corrected chi connectivity index (χ1v) is 13.5. The standard InChI is InChI=1S/C20H44Si/c1-5-7-9-11-13-14-16-18-20-21(3,4)19-17-15-12-10-8-6-2/h5-20H2,1-4H3. The lowest BCUT2D eigenvalue weighted by Gasteiger charge is -2.22. The first-order chi connectivity index (χ1) is 10.1. The van der Waals surface area contributed by atoms with Crippen molar-refractivity contribution >= 4 is 8.07 Å². The second kappa shape index (κ2) is 15.1. The lowest BCUT2D eigenvalue weighted by molar-refractivity contribution is 0.583. The summed E-state index contributed by atoms with van der Waals surface area (Å²) in [5, 5.41) is 0. The summed E-state index contributed by atoms with van der Waals surface area (Å²) in [6, 6.07) is 3.16. The molecule has 0 atom stereocenters. The first-order valence-electron chi connectivity index (χ1n) is 10.1. The van der Waals surface area contributed by atoms with Crippen molar-refractivity contribution in [2.45, 2.75) is 129 Å². The highest BCUT2D eigenvalue weighted by Gasteiger charge is 2.18. The van der Waals surface area contributed by atoms with Crippen LogP contribution in [0.2, 0.25) is 25.2 Å². The van der Waals surface area contributed by atoms with E-state index in [0.717, 1.165) is 0 Å². The minimum Gasteiger partial charge on any atom is -0.0693 e. The lowest BCUT2D eigenvalue weighted by Crippen LogP contribution is -2.24. The maximum absolute atomic E-state index is 2.63. The fourth-order valence-electron chi connectivity index (χ4n) is 3.25. The molecule has 0 saturated heterocycles. The van der Waals surface area contributed by atoms with Crippen molar-refractivity contribution < 1.29 is 0 Å². The van der Waals surface area contributed by atoms with Gasteiger partial charge in [0.25, 0.3) is 0 Å². The zero-order valence-corrected chi connectivity index (χ0v) is 16.8. The third kappa shape index (κ3) is 16.4. The van der Waals surface area contributed by atoms with E-state index in [1.807, 2.05) is 0 Å². The second-order valence-corrected chi connectivity index (χ2v) is 13.2. The molecule has 0 aromatic carbocycles. The molecule has 0 heterocycles. The van der Waals surface area contributed by atoms with Crippen molar-refractivity contribution in [3.05, 3.63) is 0 Å². The smallest absolute Gasteiger partial charge is 0.0473 e. The predicted octanol–water partition coefficient (Wildman–Crippen LogP) is 8.20. The van der Waals surface area contributed by atoms with E-state index in [9.17, 15) is 0 Å². The van der Waals surface area contributed by atoms with Gasteiger partial charge in [-0.05, 0) is 0 Å². The van der Waals surface area contributed by atoms with Gasteiger partial charge in [-0.1, -0.05) is 129 Å². The molecule has 0 N–H and O–H groups in total. The normalized spacial score (nSPS) is 12.0. The molecule has 0 aliphatic heterocycles. The molecule has 0 radical (unpaired) electrons. The van der Waals surface area contributed by atoms with E-state index in [1.165, 1.54) is 89.9 Å². The largest absolute Gasteiger partial charge is 0.0693 e. The second-order valence-electron chi connectivity index (χ2n) is 7.91. The van der Waals surface area contributed by atoms with Crippen LogP contribution in [-0.4, -0.2) is 8.07 Å². The average molecular weight is 313 g/mol. The van der Waals surface area contributed by atoms with Crippen LogP contribution in [0.1, 0.15) is 104 Å². The third-order valence-electron chi connectivity index (χ3n) is 4.91. The molecular weight excluding hydrogens is 268 g/mol. The van der Waals surface area contributed by atoms with Crippen molar-refractivity contribution in [3.63, 3.8) is 0 Å². The number of rotatable bonds is 16.